The first kappa shape index (κ1) is 17.2. The SMILES string of the molecule is Cc1ccc(C2SCCCS2)cc1.Cc1ccc(C=O)cc1. The molecule has 0 aromatic heterocycles. The van der Waals surface area contributed by atoms with Crippen molar-refractivity contribution in [2.75, 3.05) is 11.5 Å². The lowest BCUT2D eigenvalue weighted by Gasteiger charge is -2.21. The van der Waals surface area contributed by atoms with Gasteiger partial charge in [0, 0.05) is 5.56 Å². The molecule has 0 amide bonds. The van der Waals surface area contributed by atoms with Crippen LogP contribution < -0.4 is 0 Å². The molecule has 3 rings (SSSR count). The monoisotopic (exact) mass is 330 g/mol. The van der Waals surface area contributed by atoms with Crippen LogP contribution in [-0.2, 0) is 0 Å². The molecular weight excluding hydrogens is 308 g/mol. The van der Waals surface area contributed by atoms with Crippen molar-refractivity contribution in [3.8, 4) is 0 Å². The fourth-order valence-corrected chi connectivity index (χ4v) is 4.94. The van der Waals surface area contributed by atoms with E-state index in [2.05, 4.69) is 54.7 Å². The Hall–Kier alpha value is -1.19. The number of aldehydes is 1. The standard InChI is InChI=1S/C11H14S2.C8H8O/c1-9-3-5-10(6-4-9)11-12-7-2-8-13-11;1-7-2-4-8(6-9)5-3-7/h3-6,11H,2,7-8H2,1H3;2-6H,1H3. The van der Waals surface area contributed by atoms with Crippen molar-refractivity contribution in [1.82, 2.24) is 0 Å². The van der Waals surface area contributed by atoms with Gasteiger partial charge in [0.25, 0.3) is 0 Å². The van der Waals surface area contributed by atoms with Crippen molar-refractivity contribution in [3.63, 3.8) is 0 Å². The largest absolute Gasteiger partial charge is 0.298 e. The van der Waals surface area contributed by atoms with Gasteiger partial charge in [-0.1, -0.05) is 59.7 Å². The van der Waals surface area contributed by atoms with Crippen molar-refractivity contribution in [1.29, 1.82) is 0 Å². The van der Waals surface area contributed by atoms with Crippen molar-refractivity contribution >= 4 is 29.8 Å². The molecule has 1 heterocycles. The summed E-state index contributed by atoms with van der Waals surface area (Å²) in [6.45, 7) is 4.14. The molecular formula is C19H22OS2. The van der Waals surface area contributed by atoms with Crippen molar-refractivity contribution in [2.24, 2.45) is 0 Å². The highest BCUT2D eigenvalue weighted by Gasteiger charge is 2.15. The highest BCUT2D eigenvalue weighted by Crippen LogP contribution is 2.43. The van der Waals surface area contributed by atoms with Gasteiger partial charge >= 0.3 is 0 Å². The summed E-state index contributed by atoms with van der Waals surface area (Å²) in [5.74, 6) is 2.65. The zero-order valence-electron chi connectivity index (χ0n) is 13.1. The number of carbonyl (C=O) groups excluding carboxylic acids is 1. The van der Waals surface area contributed by atoms with Gasteiger partial charge in [0.15, 0.2) is 0 Å². The Morgan fingerprint density at radius 3 is 1.86 bits per heavy atom. The Bertz CT molecular complexity index is 569. The first-order valence-electron chi connectivity index (χ1n) is 7.50. The summed E-state index contributed by atoms with van der Waals surface area (Å²) in [5.41, 5.74) is 4.76. The molecule has 0 bridgehead atoms. The topological polar surface area (TPSA) is 17.1 Å². The number of rotatable bonds is 2. The van der Waals surface area contributed by atoms with Crippen molar-refractivity contribution < 1.29 is 4.79 Å². The average molecular weight is 331 g/mol. The Morgan fingerprint density at radius 2 is 1.36 bits per heavy atom. The molecule has 3 heteroatoms. The second kappa shape index (κ2) is 9.06. The first-order chi connectivity index (χ1) is 10.7. The third-order valence-electron chi connectivity index (χ3n) is 3.39. The van der Waals surface area contributed by atoms with E-state index in [0.29, 0.717) is 4.58 Å². The number of hydrogen-bond donors (Lipinski definition) is 0. The highest BCUT2D eigenvalue weighted by molar-refractivity contribution is 8.16. The predicted molar refractivity (Wildman–Crippen MR) is 100 cm³/mol. The van der Waals surface area contributed by atoms with E-state index in [1.807, 2.05) is 31.2 Å². The molecule has 1 aliphatic heterocycles. The third-order valence-corrected chi connectivity index (χ3v) is 6.41. The van der Waals surface area contributed by atoms with Gasteiger partial charge in [0.2, 0.25) is 0 Å². The number of thioether (sulfide) groups is 2. The van der Waals surface area contributed by atoms with Crippen LogP contribution in [0.15, 0.2) is 48.5 Å². The summed E-state index contributed by atoms with van der Waals surface area (Å²) in [5, 5.41) is 0. The fraction of sp³-hybridized carbons (Fsp3) is 0.316. The summed E-state index contributed by atoms with van der Waals surface area (Å²) in [6.07, 6.45) is 2.22. The smallest absolute Gasteiger partial charge is 0.150 e. The van der Waals surface area contributed by atoms with Gasteiger partial charge < -0.3 is 0 Å². The van der Waals surface area contributed by atoms with E-state index in [4.69, 9.17) is 0 Å². The zero-order valence-corrected chi connectivity index (χ0v) is 14.8. The van der Waals surface area contributed by atoms with Gasteiger partial charge in [0.05, 0.1) is 4.58 Å². The minimum absolute atomic E-state index is 0.689. The van der Waals surface area contributed by atoms with Gasteiger partial charge in [-0.25, -0.2) is 0 Å². The molecule has 2 aromatic carbocycles. The molecule has 0 atom stereocenters. The van der Waals surface area contributed by atoms with Crippen LogP contribution in [0.25, 0.3) is 0 Å². The minimum Gasteiger partial charge on any atom is -0.298 e. The molecule has 116 valence electrons. The van der Waals surface area contributed by atoms with Gasteiger partial charge in [-0.05, 0) is 37.3 Å². The van der Waals surface area contributed by atoms with Gasteiger partial charge in [-0.15, -0.1) is 23.5 Å². The Balaban J connectivity index is 0.000000172. The molecule has 0 N–H and O–H groups in total. The first-order valence-corrected chi connectivity index (χ1v) is 9.60. The summed E-state index contributed by atoms with van der Waals surface area (Å²) in [6, 6.07) is 16.4. The van der Waals surface area contributed by atoms with Crippen LogP contribution in [0.5, 0.6) is 0 Å². The highest BCUT2D eigenvalue weighted by atomic mass is 32.2. The van der Waals surface area contributed by atoms with E-state index in [1.54, 1.807) is 0 Å². The Kier molecular flexibility index (Phi) is 7.07. The number of hydrogen-bond acceptors (Lipinski definition) is 3. The minimum atomic E-state index is 0.689. The van der Waals surface area contributed by atoms with Crippen LogP contribution in [0.2, 0.25) is 0 Å². The average Bonchev–Trinajstić information content (AvgIpc) is 2.58. The molecule has 0 radical (unpaired) electrons. The van der Waals surface area contributed by atoms with E-state index in [-0.39, 0.29) is 0 Å². The molecule has 0 aliphatic carbocycles. The normalized spacial score (nSPS) is 14.8. The van der Waals surface area contributed by atoms with E-state index in [9.17, 15) is 4.79 Å². The number of carbonyl (C=O) groups is 1. The quantitative estimate of drug-likeness (QED) is 0.660. The molecule has 22 heavy (non-hydrogen) atoms. The van der Waals surface area contributed by atoms with Crippen LogP contribution in [0.1, 0.15) is 38.1 Å². The predicted octanol–water partition coefficient (Wildman–Crippen LogP) is 5.67. The van der Waals surface area contributed by atoms with Crippen LogP contribution >= 0.6 is 23.5 Å². The molecule has 0 spiro atoms. The summed E-state index contributed by atoms with van der Waals surface area (Å²) in [7, 11) is 0. The second-order valence-corrected chi connectivity index (χ2v) is 8.09. The fourth-order valence-electron chi connectivity index (χ4n) is 2.05. The van der Waals surface area contributed by atoms with Crippen LogP contribution in [0.4, 0.5) is 0 Å². The molecule has 2 aromatic rings. The van der Waals surface area contributed by atoms with Crippen LogP contribution in [0.3, 0.4) is 0 Å². The number of aryl methyl sites for hydroxylation is 2. The summed E-state index contributed by atoms with van der Waals surface area (Å²) >= 11 is 4.17. The van der Waals surface area contributed by atoms with Crippen molar-refractivity contribution in [3.05, 3.63) is 70.8 Å². The van der Waals surface area contributed by atoms with E-state index < -0.39 is 0 Å². The molecule has 1 nitrogen and oxygen atoms in total. The number of benzene rings is 2. The third kappa shape index (κ3) is 5.54. The maximum atomic E-state index is 10.1. The molecule has 1 fully saturated rings. The van der Waals surface area contributed by atoms with Gasteiger partial charge in [0.1, 0.15) is 6.29 Å². The Morgan fingerprint density at radius 1 is 0.864 bits per heavy atom. The molecule has 0 unspecified atom stereocenters. The lowest BCUT2D eigenvalue weighted by Crippen LogP contribution is -1.99. The Labute approximate surface area is 141 Å². The lowest BCUT2D eigenvalue weighted by atomic mass is 10.2. The zero-order chi connectivity index (χ0) is 15.8. The molecule has 0 saturated carbocycles. The maximum absolute atomic E-state index is 10.1. The van der Waals surface area contributed by atoms with Crippen molar-refractivity contribution in [2.45, 2.75) is 24.9 Å². The van der Waals surface area contributed by atoms with E-state index >= 15 is 0 Å². The summed E-state index contributed by atoms with van der Waals surface area (Å²) in [4.78, 5) is 10.1. The van der Waals surface area contributed by atoms with Crippen LogP contribution in [0, 0.1) is 13.8 Å². The van der Waals surface area contributed by atoms with Gasteiger partial charge in [-0.3, -0.25) is 4.79 Å². The van der Waals surface area contributed by atoms with Crippen LogP contribution in [-0.4, -0.2) is 17.8 Å². The maximum Gasteiger partial charge on any atom is 0.150 e. The van der Waals surface area contributed by atoms with E-state index in [0.717, 1.165) is 11.8 Å². The molecule has 1 aliphatic rings. The molecule has 1 saturated heterocycles. The lowest BCUT2D eigenvalue weighted by molar-refractivity contribution is 0.112. The van der Waals surface area contributed by atoms with E-state index in [1.165, 1.54) is 34.6 Å². The van der Waals surface area contributed by atoms with Gasteiger partial charge in [-0.2, -0.15) is 0 Å². The second-order valence-electron chi connectivity index (χ2n) is 5.37. The summed E-state index contributed by atoms with van der Waals surface area (Å²) < 4.78 is 0.689.